The highest BCUT2D eigenvalue weighted by Gasteiger charge is 2.38. The van der Waals surface area contributed by atoms with E-state index >= 15 is 0 Å². The number of carboxylic acids is 1. The third-order valence-corrected chi connectivity index (χ3v) is 6.45. The molecule has 0 aliphatic carbocycles. The highest BCUT2D eigenvalue weighted by molar-refractivity contribution is 6.30. The molecule has 3 nitrogen and oxygen atoms in total. The Labute approximate surface area is 192 Å². The summed E-state index contributed by atoms with van der Waals surface area (Å²) in [5, 5.41) is 9.53. The van der Waals surface area contributed by atoms with E-state index in [1.807, 2.05) is 0 Å². The minimum absolute atomic E-state index is 0.0448. The standard InChI is InChI=1S/C23H22ClF6NO2/c1-13(21(32)33)15-8-9-31(12-16-10-18(24)6-7-19(16)23(28,29)30)20(11-15)14-2-4-17(5-3-14)22(25,26)27/h2-7,10,13,15,20H,8-9,11-12H2,1H3,(H,32,33)/t13?,15-,20+/m1/s1. The lowest BCUT2D eigenvalue weighted by molar-refractivity contribution is -0.144. The first-order valence-electron chi connectivity index (χ1n) is 10.3. The van der Waals surface area contributed by atoms with Crippen LogP contribution in [0.1, 0.15) is 48.1 Å². The van der Waals surface area contributed by atoms with E-state index in [0.29, 0.717) is 18.4 Å². The van der Waals surface area contributed by atoms with Crippen LogP contribution in [0.3, 0.4) is 0 Å². The Hall–Kier alpha value is -2.26. The zero-order chi connectivity index (χ0) is 24.6. The van der Waals surface area contributed by atoms with E-state index in [1.165, 1.54) is 18.2 Å². The van der Waals surface area contributed by atoms with Gasteiger partial charge in [0.1, 0.15) is 0 Å². The maximum absolute atomic E-state index is 13.5. The quantitative estimate of drug-likeness (QED) is 0.454. The molecule has 3 atom stereocenters. The second-order valence-electron chi connectivity index (χ2n) is 8.32. The predicted octanol–water partition coefficient (Wildman–Crippen LogP) is 7.05. The molecule has 1 saturated heterocycles. The van der Waals surface area contributed by atoms with Crippen LogP contribution in [-0.4, -0.2) is 22.5 Å². The molecule has 0 bridgehead atoms. The summed E-state index contributed by atoms with van der Waals surface area (Å²) in [4.78, 5) is 13.2. The van der Waals surface area contributed by atoms with Crippen molar-refractivity contribution < 1.29 is 36.2 Å². The smallest absolute Gasteiger partial charge is 0.416 e. The van der Waals surface area contributed by atoms with Crippen molar-refractivity contribution >= 4 is 17.6 Å². The van der Waals surface area contributed by atoms with Crippen molar-refractivity contribution in [1.29, 1.82) is 0 Å². The molecule has 1 fully saturated rings. The fourth-order valence-corrected chi connectivity index (χ4v) is 4.51. The van der Waals surface area contributed by atoms with E-state index < -0.39 is 41.4 Å². The first-order valence-corrected chi connectivity index (χ1v) is 10.6. The molecule has 0 radical (unpaired) electrons. The lowest BCUT2D eigenvalue weighted by Crippen LogP contribution is -2.39. The summed E-state index contributed by atoms with van der Waals surface area (Å²) in [6.45, 7) is 1.72. The number of piperidine rings is 1. The highest BCUT2D eigenvalue weighted by Crippen LogP contribution is 2.41. The highest BCUT2D eigenvalue weighted by atomic mass is 35.5. The van der Waals surface area contributed by atoms with Crippen molar-refractivity contribution in [3.05, 3.63) is 69.7 Å². The SMILES string of the molecule is CC(C(=O)O)[C@@H]1CCN(Cc2cc(Cl)ccc2C(F)(F)F)[C@H](c2ccc(C(F)(F)F)cc2)C1. The molecule has 3 rings (SSSR count). The van der Waals surface area contributed by atoms with Gasteiger partial charge in [0.2, 0.25) is 0 Å². The molecule has 1 N–H and O–H groups in total. The molecule has 2 aromatic rings. The molecule has 1 unspecified atom stereocenters. The Morgan fingerprint density at radius 1 is 1.09 bits per heavy atom. The van der Waals surface area contributed by atoms with Crippen molar-refractivity contribution in [2.75, 3.05) is 6.54 Å². The van der Waals surface area contributed by atoms with Gasteiger partial charge in [-0.15, -0.1) is 0 Å². The van der Waals surface area contributed by atoms with Crippen LogP contribution >= 0.6 is 11.6 Å². The van der Waals surface area contributed by atoms with Gasteiger partial charge >= 0.3 is 18.3 Å². The van der Waals surface area contributed by atoms with Crippen LogP contribution in [0.15, 0.2) is 42.5 Å². The molecule has 10 heteroatoms. The minimum atomic E-state index is -4.60. The van der Waals surface area contributed by atoms with Crippen molar-refractivity contribution in [1.82, 2.24) is 4.90 Å². The zero-order valence-corrected chi connectivity index (χ0v) is 18.3. The second-order valence-corrected chi connectivity index (χ2v) is 8.75. The van der Waals surface area contributed by atoms with Crippen molar-refractivity contribution in [3.8, 4) is 0 Å². The van der Waals surface area contributed by atoms with Gasteiger partial charge in [-0.1, -0.05) is 30.7 Å². The van der Waals surface area contributed by atoms with Gasteiger partial charge in [0.25, 0.3) is 0 Å². The van der Waals surface area contributed by atoms with Crippen LogP contribution in [0, 0.1) is 11.8 Å². The Kier molecular flexibility index (Phi) is 7.33. The Morgan fingerprint density at radius 2 is 1.73 bits per heavy atom. The van der Waals surface area contributed by atoms with Crippen LogP contribution in [0.5, 0.6) is 0 Å². The van der Waals surface area contributed by atoms with E-state index in [-0.39, 0.29) is 29.6 Å². The Bertz CT molecular complexity index is 990. The molecule has 180 valence electrons. The average molecular weight is 494 g/mol. The number of halogens is 7. The fraction of sp³-hybridized carbons (Fsp3) is 0.435. The van der Waals surface area contributed by atoms with Gasteiger partial charge in [-0.3, -0.25) is 9.69 Å². The summed E-state index contributed by atoms with van der Waals surface area (Å²) in [5.41, 5.74) is -1.23. The molecule has 0 spiro atoms. The van der Waals surface area contributed by atoms with Gasteiger partial charge in [-0.2, -0.15) is 26.3 Å². The number of likely N-dealkylation sites (tertiary alicyclic amines) is 1. The number of carbonyl (C=O) groups is 1. The van der Waals surface area contributed by atoms with Gasteiger partial charge in [0, 0.05) is 17.6 Å². The summed E-state index contributed by atoms with van der Waals surface area (Å²) in [6, 6.07) is 7.21. The van der Waals surface area contributed by atoms with Crippen LogP contribution in [0.4, 0.5) is 26.3 Å². The number of hydrogen-bond donors (Lipinski definition) is 1. The molecule has 33 heavy (non-hydrogen) atoms. The number of benzene rings is 2. The third kappa shape index (κ3) is 6.00. The zero-order valence-electron chi connectivity index (χ0n) is 17.6. The molecule has 0 aromatic heterocycles. The number of rotatable bonds is 5. The van der Waals surface area contributed by atoms with Gasteiger partial charge in [-0.05, 0) is 66.8 Å². The molecule has 2 aromatic carbocycles. The number of carboxylic acid groups (broad SMARTS) is 1. The number of aliphatic carboxylic acids is 1. The molecule has 0 saturated carbocycles. The molecular formula is C23H22ClF6NO2. The van der Waals surface area contributed by atoms with Crippen LogP contribution in [0.2, 0.25) is 5.02 Å². The molecule has 1 heterocycles. The number of hydrogen-bond acceptors (Lipinski definition) is 2. The summed E-state index contributed by atoms with van der Waals surface area (Å²) >= 11 is 5.94. The average Bonchev–Trinajstić information content (AvgIpc) is 2.72. The van der Waals surface area contributed by atoms with Crippen molar-refractivity contribution in [2.45, 2.75) is 44.7 Å². The summed E-state index contributed by atoms with van der Waals surface area (Å²) in [7, 11) is 0. The first kappa shape index (κ1) is 25.4. The van der Waals surface area contributed by atoms with E-state index in [1.54, 1.807) is 11.8 Å². The first-order chi connectivity index (χ1) is 15.3. The van der Waals surface area contributed by atoms with Gasteiger partial charge in [-0.25, -0.2) is 0 Å². The normalized spacial score (nSPS) is 21.1. The third-order valence-electron chi connectivity index (χ3n) is 6.22. The van der Waals surface area contributed by atoms with E-state index in [9.17, 15) is 36.2 Å². The van der Waals surface area contributed by atoms with Gasteiger partial charge in [0.15, 0.2) is 0 Å². The Balaban J connectivity index is 1.96. The summed E-state index contributed by atoms with van der Waals surface area (Å²) < 4.78 is 79.5. The van der Waals surface area contributed by atoms with Gasteiger partial charge < -0.3 is 5.11 Å². The fourth-order valence-electron chi connectivity index (χ4n) is 4.32. The topological polar surface area (TPSA) is 40.5 Å². The molecular weight excluding hydrogens is 472 g/mol. The summed E-state index contributed by atoms with van der Waals surface area (Å²) in [5.74, 6) is -1.96. The monoisotopic (exact) mass is 493 g/mol. The molecule has 1 aliphatic rings. The number of alkyl halides is 6. The summed E-state index contributed by atoms with van der Waals surface area (Å²) in [6.07, 6.45) is -8.39. The lowest BCUT2D eigenvalue weighted by atomic mass is 9.79. The maximum Gasteiger partial charge on any atom is 0.416 e. The van der Waals surface area contributed by atoms with Crippen LogP contribution in [-0.2, 0) is 23.7 Å². The second kappa shape index (κ2) is 9.54. The van der Waals surface area contributed by atoms with E-state index in [0.717, 1.165) is 24.3 Å². The van der Waals surface area contributed by atoms with Gasteiger partial charge in [0.05, 0.1) is 17.0 Å². The lowest BCUT2D eigenvalue weighted by Gasteiger charge is -2.41. The van der Waals surface area contributed by atoms with Crippen molar-refractivity contribution in [3.63, 3.8) is 0 Å². The van der Waals surface area contributed by atoms with E-state index in [4.69, 9.17) is 11.6 Å². The number of nitrogens with zero attached hydrogens (tertiary/aromatic N) is 1. The minimum Gasteiger partial charge on any atom is -0.481 e. The van der Waals surface area contributed by atoms with Crippen LogP contribution in [0.25, 0.3) is 0 Å². The van der Waals surface area contributed by atoms with Crippen LogP contribution < -0.4 is 0 Å². The largest absolute Gasteiger partial charge is 0.481 e. The van der Waals surface area contributed by atoms with Crippen molar-refractivity contribution in [2.24, 2.45) is 11.8 Å². The van der Waals surface area contributed by atoms with E-state index in [2.05, 4.69) is 0 Å². The maximum atomic E-state index is 13.5. The molecule has 1 aliphatic heterocycles. The Morgan fingerprint density at radius 3 is 2.27 bits per heavy atom. The predicted molar refractivity (Wildman–Crippen MR) is 111 cm³/mol. The molecule has 0 amide bonds.